The molecule has 4 nitrogen and oxygen atoms in total. The van der Waals surface area contributed by atoms with Gasteiger partial charge in [0.05, 0.1) is 6.04 Å². The van der Waals surface area contributed by atoms with Crippen molar-refractivity contribution in [3.05, 3.63) is 70.2 Å². The van der Waals surface area contributed by atoms with E-state index in [1.807, 2.05) is 43.3 Å². The minimum Gasteiger partial charge on any atom is -0.350 e. The van der Waals surface area contributed by atoms with Gasteiger partial charge >= 0.3 is 0 Å². The molecular weight excluding hydrogens is 346 g/mol. The number of nitrogens with zero attached hydrogens (tertiary/aromatic N) is 2. The summed E-state index contributed by atoms with van der Waals surface area (Å²) < 4.78 is 0. The van der Waals surface area contributed by atoms with Gasteiger partial charge in [-0.15, -0.1) is 0 Å². The molecule has 1 N–H and O–H groups in total. The van der Waals surface area contributed by atoms with Gasteiger partial charge in [-0.1, -0.05) is 41.9 Å². The lowest BCUT2D eigenvalue weighted by atomic mass is 10.0. The first-order valence-electron chi connectivity index (χ1n) is 9.06. The van der Waals surface area contributed by atoms with E-state index in [2.05, 4.69) is 34.3 Å². The number of aryl methyl sites for hydroxylation is 1. The quantitative estimate of drug-likeness (QED) is 0.875. The monoisotopic (exact) mass is 371 g/mol. The number of carbonyl (C=O) groups is 1. The Morgan fingerprint density at radius 1 is 1.08 bits per heavy atom. The van der Waals surface area contributed by atoms with Crippen LogP contribution in [-0.2, 0) is 0 Å². The van der Waals surface area contributed by atoms with Crippen molar-refractivity contribution in [1.29, 1.82) is 0 Å². The van der Waals surface area contributed by atoms with Crippen molar-refractivity contribution in [2.45, 2.75) is 13.0 Å². The van der Waals surface area contributed by atoms with Crippen LogP contribution in [0.15, 0.2) is 48.5 Å². The smallest absolute Gasteiger partial charge is 0.251 e. The Hall–Kier alpha value is -1.88. The molecule has 1 fully saturated rings. The lowest BCUT2D eigenvalue weighted by molar-refractivity contribution is 0.0885. The molecule has 2 aromatic rings. The number of hydrogen-bond acceptors (Lipinski definition) is 3. The van der Waals surface area contributed by atoms with E-state index in [0.717, 1.165) is 42.3 Å². The highest BCUT2D eigenvalue weighted by Crippen LogP contribution is 2.23. The zero-order chi connectivity index (χ0) is 18.5. The maximum absolute atomic E-state index is 12.6. The van der Waals surface area contributed by atoms with Crippen molar-refractivity contribution in [2.75, 3.05) is 39.8 Å². The van der Waals surface area contributed by atoms with Crippen LogP contribution < -0.4 is 5.32 Å². The molecule has 1 aliphatic rings. The molecule has 2 aromatic carbocycles. The van der Waals surface area contributed by atoms with Crippen molar-refractivity contribution in [3.8, 4) is 0 Å². The number of hydrogen-bond donors (Lipinski definition) is 1. The molecule has 0 aromatic heterocycles. The van der Waals surface area contributed by atoms with E-state index in [-0.39, 0.29) is 11.9 Å². The normalized spacial score (nSPS) is 17.0. The number of piperazine rings is 1. The fraction of sp³-hybridized carbons (Fsp3) is 0.381. The summed E-state index contributed by atoms with van der Waals surface area (Å²) in [6, 6.07) is 15.8. The standard InChI is InChI=1S/C21H26ClN3O/c1-16-5-3-4-6-19(16)21(26)23-15-20(17-7-9-18(22)10-8-17)25-13-11-24(2)12-14-25/h3-10,20H,11-15H2,1-2H3,(H,23,26). The summed E-state index contributed by atoms with van der Waals surface area (Å²) in [4.78, 5) is 17.4. The zero-order valence-electron chi connectivity index (χ0n) is 15.4. The van der Waals surface area contributed by atoms with Crippen LogP contribution in [0, 0.1) is 6.92 Å². The Kier molecular flexibility index (Phi) is 6.30. The van der Waals surface area contributed by atoms with Crippen molar-refractivity contribution in [2.24, 2.45) is 0 Å². The number of amides is 1. The first kappa shape index (κ1) is 18.9. The van der Waals surface area contributed by atoms with Gasteiger partial charge in [0.2, 0.25) is 0 Å². The Labute approximate surface area is 160 Å². The van der Waals surface area contributed by atoms with Gasteiger partial charge < -0.3 is 10.2 Å². The Balaban J connectivity index is 1.74. The average molecular weight is 372 g/mol. The molecule has 1 aliphatic heterocycles. The molecule has 26 heavy (non-hydrogen) atoms. The molecular formula is C21H26ClN3O. The van der Waals surface area contributed by atoms with Gasteiger partial charge in [0.15, 0.2) is 0 Å². The lowest BCUT2D eigenvalue weighted by Gasteiger charge is -2.38. The molecule has 0 spiro atoms. The van der Waals surface area contributed by atoms with Crippen LogP contribution in [0.3, 0.4) is 0 Å². The first-order valence-corrected chi connectivity index (χ1v) is 9.44. The van der Waals surface area contributed by atoms with Crippen molar-refractivity contribution in [1.82, 2.24) is 15.1 Å². The molecule has 1 amide bonds. The number of rotatable bonds is 5. The SMILES string of the molecule is Cc1ccccc1C(=O)NCC(c1ccc(Cl)cc1)N1CCN(C)CC1. The van der Waals surface area contributed by atoms with Gasteiger partial charge in [0.1, 0.15) is 0 Å². The third-order valence-electron chi connectivity index (χ3n) is 5.08. The second-order valence-electron chi connectivity index (χ2n) is 6.93. The van der Waals surface area contributed by atoms with Crippen molar-refractivity contribution < 1.29 is 4.79 Å². The van der Waals surface area contributed by atoms with E-state index < -0.39 is 0 Å². The van der Waals surface area contributed by atoms with Crippen LogP contribution in [0.5, 0.6) is 0 Å². The average Bonchev–Trinajstić information content (AvgIpc) is 2.65. The van der Waals surface area contributed by atoms with E-state index in [1.54, 1.807) is 0 Å². The Morgan fingerprint density at radius 2 is 1.73 bits per heavy atom. The van der Waals surface area contributed by atoms with E-state index in [0.29, 0.717) is 6.54 Å². The molecule has 0 saturated carbocycles. The van der Waals surface area contributed by atoms with Gasteiger partial charge in [-0.2, -0.15) is 0 Å². The first-order chi connectivity index (χ1) is 12.5. The molecule has 5 heteroatoms. The van der Waals surface area contributed by atoms with E-state index in [9.17, 15) is 4.79 Å². The second kappa shape index (κ2) is 8.67. The summed E-state index contributed by atoms with van der Waals surface area (Å²) in [6.45, 7) is 6.60. The second-order valence-corrected chi connectivity index (χ2v) is 7.37. The Bertz CT molecular complexity index is 739. The highest BCUT2D eigenvalue weighted by Gasteiger charge is 2.24. The summed E-state index contributed by atoms with van der Waals surface area (Å²) in [5, 5.41) is 3.87. The van der Waals surface area contributed by atoms with E-state index in [1.165, 1.54) is 5.56 Å². The van der Waals surface area contributed by atoms with Gasteiger partial charge in [-0.05, 0) is 43.3 Å². The van der Waals surface area contributed by atoms with E-state index in [4.69, 9.17) is 11.6 Å². The van der Waals surface area contributed by atoms with Gasteiger partial charge in [-0.3, -0.25) is 9.69 Å². The molecule has 1 saturated heterocycles. The van der Waals surface area contributed by atoms with Gasteiger partial charge in [0.25, 0.3) is 5.91 Å². The number of likely N-dealkylation sites (N-methyl/N-ethyl adjacent to an activating group) is 1. The number of carbonyl (C=O) groups excluding carboxylic acids is 1. The van der Waals surface area contributed by atoms with Crippen molar-refractivity contribution in [3.63, 3.8) is 0 Å². The molecule has 0 bridgehead atoms. The van der Waals surface area contributed by atoms with Crippen LogP contribution in [0.2, 0.25) is 5.02 Å². The number of nitrogens with one attached hydrogen (secondary N) is 1. The highest BCUT2D eigenvalue weighted by molar-refractivity contribution is 6.30. The van der Waals surface area contributed by atoms with Crippen LogP contribution in [0.4, 0.5) is 0 Å². The minimum atomic E-state index is -0.0174. The zero-order valence-corrected chi connectivity index (χ0v) is 16.2. The maximum atomic E-state index is 12.6. The topological polar surface area (TPSA) is 35.6 Å². The predicted octanol–water partition coefficient (Wildman–Crippen LogP) is 3.37. The third-order valence-corrected chi connectivity index (χ3v) is 5.33. The minimum absolute atomic E-state index is 0.0174. The summed E-state index contributed by atoms with van der Waals surface area (Å²) in [5.74, 6) is -0.0174. The summed E-state index contributed by atoms with van der Waals surface area (Å²) in [6.07, 6.45) is 0. The summed E-state index contributed by atoms with van der Waals surface area (Å²) in [5.41, 5.74) is 2.91. The lowest BCUT2D eigenvalue weighted by Crippen LogP contribution is -2.48. The number of halogens is 1. The van der Waals surface area contributed by atoms with E-state index >= 15 is 0 Å². The third kappa shape index (κ3) is 4.64. The van der Waals surface area contributed by atoms with Crippen LogP contribution in [0.1, 0.15) is 27.5 Å². The summed E-state index contributed by atoms with van der Waals surface area (Å²) >= 11 is 6.06. The Morgan fingerprint density at radius 3 is 2.38 bits per heavy atom. The summed E-state index contributed by atoms with van der Waals surface area (Å²) in [7, 11) is 2.15. The molecule has 0 aliphatic carbocycles. The molecule has 0 radical (unpaired) electrons. The predicted molar refractivity (Wildman–Crippen MR) is 107 cm³/mol. The molecule has 1 atom stereocenters. The molecule has 138 valence electrons. The maximum Gasteiger partial charge on any atom is 0.251 e. The van der Waals surface area contributed by atoms with Crippen LogP contribution in [-0.4, -0.2) is 55.5 Å². The van der Waals surface area contributed by atoms with Crippen molar-refractivity contribution >= 4 is 17.5 Å². The fourth-order valence-electron chi connectivity index (χ4n) is 3.39. The van der Waals surface area contributed by atoms with Gasteiger partial charge in [0, 0.05) is 43.3 Å². The largest absolute Gasteiger partial charge is 0.350 e. The van der Waals surface area contributed by atoms with Crippen LogP contribution >= 0.6 is 11.6 Å². The molecule has 1 heterocycles. The van der Waals surface area contributed by atoms with Gasteiger partial charge in [-0.25, -0.2) is 0 Å². The number of benzene rings is 2. The highest BCUT2D eigenvalue weighted by atomic mass is 35.5. The fourth-order valence-corrected chi connectivity index (χ4v) is 3.51. The molecule has 1 unspecified atom stereocenters. The molecule has 3 rings (SSSR count). The van der Waals surface area contributed by atoms with Crippen LogP contribution in [0.25, 0.3) is 0 Å².